The second kappa shape index (κ2) is 5.33. The first-order chi connectivity index (χ1) is 8.70. The molecule has 0 spiro atoms. The predicted molar refractivity (Wildman–Crippen MR) is 72.2 cm³/mol. The van der Waals surface area contributed by atoms with Gasteiger partial charge in [0, 0.05) is 19.8 Å². The van der Waals surface area contributed by atoms with Gasteiger partial charge in [0.05, 0.1) is 5.56 Å². The maximum atomic E-state index is 9.05. The van der Waals surface area contributed by atoms with E-state index in [-0.39, 0.29) is 0 Å². The zero-order chi connectivity index (χ0) is 13.0. The average Bonchev–Trinajstić information content (AvgIpc) is 2.41. The summed E-state index contributed by atoms with van der Waals surface area (Å²) in [5.74, 6) is 0.723. The Hall–Kier alpha value is -2.34. The largest absolute Gasteiger partial charge is 0.354 e. The highest BCUT2D eigenvalue weighted by atomic mass is 15.2. The first-order valence-electron chi connectivity index (χ1n) is 5.82. The summed E-state index contributed by atoms with van der Waals surface area (Å²) < 4.78 is 0. The molecule has 1 aromatic carbocycles. The van der Waals surface area contributed by atoms with E-state index in [1.54, 1.807) is 18.3 Å². The lowest BCUT2D eigenvalue weighted by Crippen LogP contribution is -2.18. The molecule has 0 amide bonds. The summed E-state index contributed by atoms with van der Waals surface area (Å²) in [6.07, 6.45) is 1.71. The molecule has 0 radical (unpaired) electrons. The van der Waals surface area contributed by atoms with E-state index in [1.165, 1.54) is 11.1 Å². The highest BCUT2D eigenvalue weighted by Crippen LogP contribution is 2.17. The van der Waals surface area contributed by atoms with Crippen LogP contribution in [0.25, 0.3) is 0 Å². The van der Waals surface area contributed by atoms with E-state index >= 15 is 0 Å². The molecule has 2 aromatic rings. The van der Waals surface area contributed by atoms with Crippen molar-refractivity contribution in [3.8, 4) is 6.07 Å². The summed E-state index contributed by atoms with van der Waals surface area (Å²) in [5.41, 5.74) is 3.06. The van der Waals surface area contributed by atoms with E-state index in [0.29, 0.717) is 5.56 Å². The summed E-state index contributed by atoms with van der Waals surface area (Å²) in [7, 11) is 1.95. The molecule has 0 aliphatic rings. The van der Waals surface area contributed by atoms with Crippen molar-refractivity contribution < 1.29 is 0 Å². The number of benzene rings is 1. The third-order valence-electron chi connectivity index (χ3n) is 2.81. The van der Waals surface area contributed by atoms with Crippen LogP contribution in [-0.2, 0) is 6.54 Å². The number of nitriles is 1. The Morgan fingerprint density at radius 2 is 1.94 bits per heavy atom. The van der Waals surface area contributed by atoms with Gasteiger partial charge < -0.3 is 4.90 Å². The van der Waals surface area contributed by atoms with Crippen molar-refractivity contribution in [2.45, 2.75) is 13.5 Å². The summed E-state index contributed by atoms with van der Waals surface area (Å²) in [5, 5.41) is 9.05. The van der Waals surface area contributed by atoms with Crippen LogP contribution in [0.2, 0.25) is 0 Å². The number of aromatic nitrogens is 1. The first kappa shape index (κ1) is 12.1. The lowest BCUT2D eigenvalue weighted by molar-refractivity contribution is 0.894. The van der Waals surface area contributed by atoms with Crippen molar-refractivity contribution in [1.82, 2.24) is 4.98 Å². The van der Waals surface area contributed by atoms with Gasteiger partial charge in [-0.1, -0.05) is 29.8 Å². The lowest BCUT2D eigenvalue weighted by Gasteiger charge is -2.19. The van der Waals surface area contributed by atoms with Gasteiger partial charge in [0.2, 0.25) is 0 Å². The third kappa shape index (κ3) is 2.67. The minimum Gasteiger partial charge on any atom is -0.354 e. The Labute approximate surface area is 107 Å². The van der Waals surface area contributed by atoms with Crippen LogP contribution in [0.4, 0.5) is 5.82 Å². The second-order valence-corrected chi connectivity index (χ2v) is 4.33. The zero-order valence-electron chi connectivity index (χ0n) is 10.6. The molecule has 0 aliphatic heterocycles. The van der Waals surface area contributed by atoms with Crippen LogP contribution in [0.1, 0.15) is 16.7 Å². The maximum absolute atomic E-state index is 9.05. The Balaban J connectivity index is 2.19. The standard InChI is InChI=1S/C15H15N3/c1-12-5-7-13(8-6-12)11-18(2)15-14(10-16)4-3-9-17-15/h3-9H,11H2,1-2H3. The van der Waals surface area contributed by atoms with Crippen LogP contribution in [0.5, 0.6) is 0 Å². The summed E-state index contributed by atoms with van der Waals surface area (Å²) >= 11 is 0. The van der Waals surface area contributed by atoms with Gasteiger partial charge in [-0.15, -0.1) is 0 Å². The van der Waals surface area contributed by atoms with E-state index in [4.69, 9.17) is 5.26 Å². The van der Waals surface area contributed by atoms with E-state index in [2.05, 4.69) is 42.2 Å². The predicted octanol–water partition coefficient (Wildman–Crippen LogP) is 2.90. The fourth-order valence-electron chi connectivity index (χ4n) is 1.83. The molecule has 0 saturated carbocycles. The van der Waals surface area contributed by atoms with Crippen molar-refractivity contribution >= 4 is 5.82 Å². The number of rotatable bonds is 3. The monoisotopic (exact) mass is 237 g/mol. The van der Waals surface area contributed by atoms with Crippen molar-refractivity contribution in [2.24, 2.45) is 0 Å². The third-order valence-corrected chi connectivity index (χ3v) is 2.81. The van der Waals surface area contributed by atoms with Gasteiger partial charge in [-0.2, -0.15) is 5.26 Å². The fraction of sp³-hybridized carbons (Fsp3) is 0.200. The molecule has 0 atom stereocenters. The van der Waals surface area contributed by atoms with Gasteiger partial charge in [0.15, 0.2) is 0 Å². The molecule has 90 valence electrons. The molecule has 18 heavy (non-hydrogen) atoms. The molecule has 3 nitrogen and oxygen atoms in total. The molecule has 3 heteroatoms. The lowest BCUT2D eigenvalue weighted by atomic mass is 10.1. The van der Waals surface area contributed by atoms with Crippen molar-refractivity contribution in [3.63, 3.8) is 0 Å². The Morgan fingerprint density at radius 1 is 1.22 bits per heavy atom. The van der Waals surface area contributed by atoms with Gasteiger partial charge in [0.1, 0.15) is 11.9 Å². The number of hydrogen-bond acceptors (Lipinski definition) is 3. The topological polar surface area (TPSA) is 39.9 Å². The van der Waals surface area contributed by atoms with Crippen molar-refractivity contribution in [1.29, 1.82) is 5.26 Å². The second-order valence-electron chi connectivity index (χ2n) is 4.33. The van der Waals surface area contributed by atoms with Gasteiger partial charge in [-0.25, -0.2) is 4.98 Å². The van der Waals surface area contributed by atoms with Crippen molar-refractivity contribution in [2.75, 3.05) is 11.9 Å². The molecule has 1 aromatic heterocycles. The summed E-state index contributed by atoms with van der Waals surface area (Å²) in [4.78, 5) is 6.26. The Bertz CT molecular complexity index is 567. The van der Waals surface area contributed by atoms with Gasteiger partial charge in [-0.3, -0.25) is 0 Å². The fourth-order valence-corrected chi connectivity index (χ4v) is 1.83. The molecule has 0 bridgehead atoms. The molecule has 1 heterocycles. The van der Waals surface area contributed by atoms with Crippen LogP contribution in [0, 0.1) is 18.3 Å². The molecule has 0 fully saturated rings. The minimum atomic E-state index is 0.604. The molecule has 0 aliphatic carbocycles. The molecular formula is C15H15N3. The van der Waals surface area contributed by atoms with Gasteiger partial charge >= 0.3 is 0 Å². The SMILES string of the molecule is Cc1ccc(CN(C)c2ncccc2C#N)cc1. The Kier molecular flexibility index (Phi) is 3.59. The molecule has 0 N–H and O–H groups in total. The van der Waals surface area contributed by atoms with Crippen molar-refractivity contribution in [3.05, 3.63) is 59.3 Å². The molecular weight excluding hydrogens is 222 g/mol. The number of nitrogens with zero attached hydrogens (tertiary/aromatic N) is 3. The smallest absolute Gasteiger partial charge is 0.146 e. The minimum absolute atomic E-state index is 0.604. The van der Waals surface area contributed by atoms with E-state index < -0.39 is 0 Å². The van der Waals surface area contributed by atoms with Gasteiger partial charge in [0.25, 0.3) is 0 Å². The molecule has 0 saturated heterocycles. The number of hydrogen-bond donors (Lipinski definition) is 0. The van der Waals surface area contributed by atoms with Crippen LogP contribution in [0.3, 0.4) is 0 Å². The quantitative estimate of drug-likeness (QED) is 0.824. The van der Waals surface area contributed by atoms with Crippen LogP contribution in [0.15, 0.2) is 42.6 Å². The molecule has 0 unspecified atom stereocenters. The number of anilines is 1. The number of pyridine rings is 1. The highest BCUT2D eigenvalue weighted by molar-refractivity contribution is 5.53. The van der Waals surface area contributed by atoms with E-state index in [9.17, 15) is 0 Å². The maximum Gasteiger partial charge on any atom is 0.146 e. The zero-order valence-corrected chi connectivity index (χ0v) is 10.6. The van der Waals surface area contributed by atoms with Crippen LogP contribution < -0.4 is 4.90 Å². The van der Waals surface area contributed by atoms with Crippen LogP contribution in [-0.4, -0.2) is 12.0 Å². The van der Waals surface area contributed by atoms with E-state index in [1.807, 2.05) is 11.9 Å². The average molecular weight is 237 g/mol. The first-order valence-corrected chi connectivity index (χ1v) is 5.82. The number of aryl methyl sites for hydroxylation is 1. The normalized spacial score (nSPS) is 9.83. The summed E-state index contributed by atoms with van der Waals surface area (Å²) in [6, 6.07) is 14.1. The van der Waals surface area contributed by atoms with E-state index in [0.717, 1.165) is 12.4 Å². The highest BCUT2D eigenvalue weighted by Gasteiger charge is 2.08. The van der Waals surface area contributed by atoms with Crippen LogP contribution >= 0.6 is 0 Å². The van der Waals surface area contributed by atoms with Gasteiger partial charge in [-0.05, 0) is 24.6 Å². The summed E-state index contributed by atoms with van der Waals surface area (Å²) in [6.45, 7) is 2.81. The Morgan fingerprint density at radius 3 is 2.61 bits per heavy atom. The molecule has 2 rings (SSSR count).